The van der Waals surface area contributed by atoms with Gasteiger partial charge >= 0.3 is 0 Å². The number of fused-ring (bicyclic) bond motifs is 3. The molecule has 142 valence electrons. The number of aromatic nitrogens is 3. The van der Waals surface area contributed by atoms with E-state index >= 15 is 0 Å². The Kier molecular flexibility index (Phi) is 4.60. The summed E-state index contributed by atoms with van der Waals surface area (Å²) < 4.78 is 16.3. The van der Waals surface area contributed by atoms with E-state index in [0.717, 1.165) is 5.52 Å². The molecule has 4 rings (SSSR count). The Bertz CT molecular complexity index is 1280. The van der Waals surface area contributed by atoms with Gasteiger partial charge < -0.3 is 9.88 Å². The molecule has 2 aromatic carbocycles. The van der Waals surface area contributed by atoms with Gasteiger partial charge in [0.05, 0.1) is 17.2 Å². The second kappa shape index (κ2) is 7.09. The molecule has 2 aromatic heterocycles. The Morgan fingerprint density at radius 3 is 2.71 bits per heavy atom. The summed E-state index contributed by atoms with van der Waals surface area (Å²) in [5, 5.41) is 7.23. The number of nitrogens with one attached hydrogen (secondary N) is 1. The summed E-state index contributed by atoms with van der Waals surface area (Å²) in [7, 11) is 0. The molecule has 4 aromatic rings. The van der Waals surface area contributed by atoms with Crippen molar-refractivity contribution < 1.29 is 9.18 Å². The van der Waals surface area contributed by atoms with Crippen LogP contribution in [0.3, 0.4) is 0 Å². The fourth-order valence-electron chi connectivity index (χ4n) is 3.22. The first-order valence-corrected chi connectivity index (χ1v) is 9.10. The molecule has 0 unspecified atom stereocenters. The monoisotopic (exact) mass is 398 g/mol. The van der Waals surface area contributed by atoms with Crippen molar-refractivity contribution in [2.75, 3.05) is 0 Å². The highest BCUT2D eigenvalue weighted by molar-refractivity contribution is 6.31. The van der Waals surface area contributed by atoms with Crippen LogP contribution in [0.1, 0.15) is 22.8 Å². The van der Waals surface area contributed by atoms with Crippen LogP contribution in [-0.2, 0) is 13.1 Å². The Balaban J connectivity index is 1.70. The molecule has 1 amide bonds. The predicted molar refractivity (Wildman–Crippen MR) is 105 cm³/mol. The van der Waals surface area contributed by atoms with Crippen molar-refractivity contribution in [3.05, 3.63) is 81.0 Å². The number of carbonyl (C=O) groups excluding carboxylic acids is 1. The molecule has 0 radical (unpaired) electrons. The number of hydrogen-bond donors (Lipinski definition) is 1. The fraction of sp³-hybridized carbons (Fsp3) is 0.150. The zero-order chi connectivity index (χ0) is 19.8. The molecule has 0 aliphatic carbocycles. The molecular weight excluding hydrogens is 383 g/mol. The quantitative estimate of drug-likeness (QED) is 0.573. The van der Waals surface area contributed by atoms with E-state index in [4.69, 9.17) is 11.6 Å². The van der Waals surface area contributed by atoms with E-state index in [1.165, 1.54) is 18.2 Å². The third-order valence-corrected chi connectivity index (χ3v) is 4.99. The Hall–Kier alpha value is -3.19. The molecule has 28 heavy (non-hydrogen) atoms. The highest BCUT2D eigenvalue weighted by Crippen LogP contribution is 2.19. The number of rotatable bonds is 4. The summed E-state index contributed by atoms with van der Waals surface area (Å²) in [6.07, 6.45) is 1.57. The summed E-state index contributed by atoms with van der Waals surface area (Å²) in [4.78, 5) is 25.2. The van der Waals surface area contributed by atoms with Gasteiger partial charge in [-0.05, 0) is 48.9 Å². The van der Waals surface area contributed by atoms with Crippen molar-refractivity contribution in [3.63, 3.8) is 0 Å². The lowest BCUT2D eigenvalue weighted by Gasteiger charge is -2.12. The minimum absolute atomic E-state index is 0.161. The van der Waals surface area contributed by atoms with Gasteiger partial charge in [0.1, 0.15) is 11.3 Å². The number of aryl methyl sites for hydroxylation is 1. The molecule has 2 heterocycles. The van der Waals surface area contributed by atoms with Crippen LogP contribution in [0.25, 0.3) is 16.6 Å². The highest BCUT2D eigenvalue weighted by atomic mass is 35.5. The van der Waals surface area contributed by atoms with Crippen molar-refractivity contribution in [2.24, 2.45) is 0 Å². The van der Waals surface area contributed by atoms with Gasteiger partial charge in [0.15, 0.2) is 0 Å². The third kappa shape index (κ3) is 3.03. The van der Waals surface area contributed by atoms with Gasteiger partial charge in [-0.2, -0.15) is 5.10 Å². The van der Waals surface area contributed by atoms with Crippen LogP contribution in [0.4, 0.5) is 4.39 Å². The van der Waals surface area contributed by atoms with E-state index in [2.05, 4.69) is 10.4 Å². The van der Waals surface area contributed by atoms with Crippen molar-refractivity contribution in [2.45, 2.75) is 20.0 Å². The fourth-order valence-corrected chi connectivity index (χ4v) is 3.46. The smallest absolute Gasteiger partial charge is 0.277 e. The van der Waals surface area contributed by atoms with Crippen LogP contribution < -0.4 is 10.9 Å². The standard InChI is InChI=1S/C20H16ClFN4O2/c1-2-25-18-9-12(4-6-16(18)26-17(20(25)28)7-8-24-26)19(27)23-11-13-3-5-14(22)10-15(13)21/h3-10H,2,11H2,1H3,(H,23,27). The van der Waals surface area contributed by atoms with Gasteiger partial charge in [-0.3, -0.25) is 9.59 Å². The Morgan fingerprint density at radius 1 is 1.14 bits per heavy atom. The second-order valence-corrected chi connectivity index (χ2v) is 6.71. The van der Waals surface area contributed by atoms with Gasteiger partial charge in [0.2, 0.25) is 0 Å². The van der Waals surface area contributed by atoms with Crippen molar-refractivity contribution in [1.82, 2.24) is 19.5 Å². The molecule has 6 nitrogen and oxygen atoms in total. The van der Waals surface area contributed by atoms with E-state index in [0.29, 0.717) is 28.7 Å². The number of carbonyl (C=O) groups is 1. The minimum atomic E-state index is -0.433. The lowest BCUT2D eigenvalue weighted by Crippen LogP contribution is -2.25. The summed E-state index contributed by atoms with van der Waals surface area (Å²) in [6.45, 7) is 2.50. The molecule has 0 aliphatic heterocycles. The number of halogens is 2. The highest BCUT2D eigenvalue weighted by Gasteiger charge is 2.14. The average molecular weight is 399 g/mol. The van der Waals surface area contributed by atoms with Gasteiger partial charge in [-0.1, -0.05) is 17.7 Å². The molecular formula is C20H16ClFN4O2. The lowest BCUT2D eigenvalue weighted by molar-refractivity contribution is 0.0951. The lowest BCUT2D eigenvalue weighted by atomic mass is 10.1. The largest absolute Gasteiger partial charge is 0.348 e. The second-order valence-electron chi connectivity index (χ2n) is 6.30. The SMILES string of the molecule is CCn1c(=O)c2ccnn2c2ccc(C(=O)NCc3ccc(F)cc3Cl)cc21. The van der Waals surface area contributed by atoms with E-state index < -0.39 is 5.82 Å². The summed E-state index contributed by atoms with van der Waals surface area (Å²) in [5.41, 5.74) is 2.69. The third-order valence-electron chi connectivity index (χ3n) is 4.63. The molecule has 0 fully saturated rings. The maximum Gasteiger partial charge on any atom is 0.277 e. The maximum atomic E-state index is 13.1. The maximum absolute atomic E-state index is 13.1. The molecule has 0 atom stereocenters. The molecule has 8 heteroatoms. The molecule has 0 saturated carbocycles. The summed E-state index contributed by atoms with van der Waals surface area (Å²) >= 11 is 6.00. The van der Waals surface area contributed by atoms with Gasteiger partial charge in [0, 0.05) is 23.7 Å². The zero-order valence-corrected chi connectivity index (χ0v) is 15.7. The van der Waals surface area contributed by atoms with Crippen LogP contribution in [0.5, 0.6) is 0 Å². The first-order chi connectivity index (χ1) is 13.5. The number of amides is 1. The van der Waals surface area contributed by atoms with E-state index in [1.54, 1.807) is 39.5 Å². The van der Waals surface area contributed by atoms with Gasteiger partial charge in [-0.25, -0.2) is 8.91 Å². The van der Waals surface area contributed by atoms with E-state index in [-0.39, 0.29) is 23.0 Å². The molecule has 1 N–H and O–H groups in total. The number of nitrogens with zero attached hydrogens (tertiary/aromatic N) is 3. The number of benzene rings is 2. The average Bonchev–Trinajstić information content (AvgIpc) is 3.17. The molecule has 0 saturated heterocycles. The Morgan fingerprint density at radius 2 is 1.96 bits per heavy atom. The summed E-state index contributed by atoms with van der Waals surface area (Å²) in [6, 6.07) is 10.8. The Labute approximate surface area is 164 Å². The minimum Gasteiger partial charge on any atom is -0.348 e. The van der Waals surface area contributed by atoms with Crippen LogP contribution in [0.15, 0.2) is 53.5 Å². The number of hydrogen-bond acceptors (Lipinski definition) is 3. The van der Waals surface area contributed by atoms with Crippen LogP contribution in [0.2, 0.25) is 5.02 Å². The first kappa shape index (κ1) is 18.2. The molecule has 0 bridgehead atoms. The first-order valence-electron chi connectivity index (χ1n) is 8.72. The van der Waals surface area contributed by atoms with Gasteiger partial charge in [-0.15, -0.1) is 0 Å². The van der Waals surface area contributed by atoms with E-state index in [9.17, 15) is 14.0 Å². The topological polar surface area (TPSA) is 68.4 Å². The van der Waals surface area contributed by atoms with Crippen LogP contribution >= 0.6 is 11.6 Å². The predicted octanol–water partition coefficient (Wildman–Crippen LogP) is 3.39. The van der Waals surface area contributed by atoms with Crippen molar-refractivity contribution in [1.29, 1.82) is 0 Å². The zero-order valence-electron chi connectivity index (χ0n) is 14.9. The van der Waals surface area contributed by atoms with Crippen molar-refractivity contribution in [3.8, 4) is 0 Å². The molecule has 0 spiro atoms. The van der Waals surface area contributed by atoms with Crippen LogP contribution in [-0.4, -0.2) is 20.1 Å². The van der Waals surface area contributed by atoms with Crippen molar-refractivity contribution >= 4 is 34.1 Å². The molecule has 0 aliphatic rings. The normalized spacial score (nSPS) is 11.2. The van der Waals surface area contributed by atoms with E-state index in [1.807, 2.05) is 6.92 Å². The van der Waals surface area contributed by atoms with Gasteiger partial charge in [0.25, 0.3) is 11.5 Å². The summed E-state index contributed by atoms with van der Waals surface area (Å²) in [5.74, 6) is -0.755. The van der Waals surface area contributed by atoms with Crippen LogP contribution in [0, 0.1) is 5.82 Å².